The smallest absolute Gasteiger partial charge is 0.233 e. The van der Waals surface area contributed by atoms with Crippen molar-refractivity contribution in [3.05, 3.63) is 57.5 Å². The number of nitrogens with zero attached hydrogens (tertiary/aromatic N) is 1. The van der Waals surface area contributed by atoms with E-state index < -0.39 is 0 Å². The first-order chi connectivity index (χ1) is 10.7. The van der Waals surface area contributed by atoms with Crippen LogP contribution in [0.1, 0.15) is 31.4 Å². The Morgan fingerprint density at radius 1 is 1.09 bits per heavy atom. The van der Waals surface area contributed by atoms with Gasteiger partial charge < -0.3 is 9.26 Å². The number of carbonyl (C=O) groups excluding carboxylic acids is 2. The van der Waals surface area contributed by atoms with E-state index in [1.807, 2.05) is 0 Å². The molecule has 4 rings (SSSR count). The highest BCUT2D eigenvalue weighted by atomic mass is 32.1. The molecule has 0 atom stereocenters. The number of ketones is 2. The predicted octanol–water partition coefficient (Wildman–Crippen LogP) is 3.19. The summed E-state index contributed by atoms with van der Waals surface area (Å²) in [6, 6.07) is 8.72. The Labute approximate surface area is 129 Å². The van der Waals surface area contributed by atoms with Crippen LogP contribution in [-0.4, -0.2) is 23.8 Å². The maximum atomic E-state index is 12.6. The summed E-state index contributed by atoms with van der Waals surface area (Å²) in [5, 5.41) is 5.66. The molecule has 22 heavy (non-hydrogen) atoms. The first kappa shape index (κ1) is 13.0. The number of thiophene rings is 1. The summed E-state index contributed by atoms with van der Waals surface area (Å²) in [7, 11) is 1.58. The highest BCUT2D eigenvalue weighted by Gasteiger charge is 2.37. The Bertz CT molecular complexity index is 905. The highest BCUT2D eigenvalue weighted by Crippen LogP contribution is 2.36. The number of methoxy groups -OCH3 is 1. The van der Waals surface area contributed by atoms with E-state index in [1.165, 1.54) is 11.3 Å². The molecule has 1 aromatic carbocycles. The molecule has 1 aliphatic carbocycles. The number of hydrogen-bond donors (Lipinski definition) is 0. The second-order valence-corrected chi connectivity index (χ2v) is 5.70. The van der Waals surface area contributed by atoms with Crippen LogP contribution in [0.3, 0.4) is 0 Å². The van der Waals surface area contributed by atoms with Crippen LogP contribution in [-0.2, 0) is 0 Å². The average Bonchev–Trinajstić information content (AvgIpc) is 3.20. The maximum Gasteiger partial charge on any atom is 0.233 e. The maximum absolute atomic E-state index is 12.6. The molecule has 0 radical (unpaired) electrons. The molecule has 0 saturated heterocycles. The molecule has 0 amide bonds. The molecule has 3 aromatic rings. The largest absolute Gasteiger partial charge is 0.497 e. The van der Waals surface area contributed by atoms with Crippen molar-refractivity contribution in [1.29, 1.82) is 0 Å². The zero-order valence-electron chi connectivity index (χ0n) is 11.5. The lowest BCUT2D eigenvalue weighted by Crippen LogP contribution is -2.17. The van der Waals surface area contributed by atoms with Gasteiger partial charge in [-0.05, 0) is 35.7 Å². The van der Waals surface area contributed by atoms with Gasteiger partial charge in [-0.25, -0.2) is 0 Å². The van der Waals surface area contributed by atoms with E-state index in [9.17, 15) is 9.59 Å². The molecule has 2 aromatic heterocycles. The van der Waals surface area contributed by atoms with Crippen LogP contribution in [0.5, 0.6) is 5.75 Å². The lowest BCUT2D eigenvalue weighted by atomic mass is 9.92. The van der Waals surface area contributed by atoms with Crippen molar-refractivity contribution in [3.8, 4) is 17.0 Å². The Kier molecular flexibility index (Phi) is 2.74. The number of benzene rings is 1. The van der Waals surface area contributed by atoms with Gasteiger partial charge in [-0.3, -0.25) is 9.59 Å². The molecular formula is C16H9NO4S. The lowest BCUT2D eigenvalue weighted by molar-refractivity contribution is 0.0958. The van der Waals surface area contributed by atoms with E-state index in [4.69, 9.17) is 9.26 Å². The lowest BCUT2D eigenvalue weighted by Gasteiger charge is -2.09. The van der Waals surface area contributed by atoms with Crippen LogP contribution in [0.4, 0.5) is 0 Å². The Hall–Kier alpha value is -2.73. The van der Waals surface area contributed by atoms with E-state index in [2.05, 4.69) is 5.16 Å². The Morgan fingerprint density at radius 2 is 1.86 bits per heavy atom. The number of fused-ring (bicyclic) bond motifs is 2. The summed E-state index contributed by atoms with van der Waals surface area (Å²) in [6.07, 6.45) is 0. The second kappa shape index (κ2) is 4.64. The molecule has 0 unspecified atom stereocenters. The van der Waals surface area contributed by atoms with Gasteiger partial charge in [0.1, 0.15) is 17.0 Å². The van der Waals surface area contributed by atoms with Crippen molar-refractivity contribution in [2.75, 3.05) is 7.11 Å². The third kappa shape index (κ3) is 1.67. The SMILES string of the molecule is COc1ccc(-c2noc3c2C(=O)c2sccc2C3=O)cc1. The summed E-state index contributed by atoms with van der Waals surface area (Å²) in [5.74, 6) is 0.204. The van der Waals surface area contributed by atoms with E-state index in [1.54, 1.807) is 42.8 Å². The zero-order valence-corrected chi connectivity index (χ0v) is 12.3. The van der Waals surface area contributed by atoms with Crippen LogP contribution in [0, 0.1) is 0 Å². The number of rotatable bonds is 2. The molecule has 2 heterocycles. The third-order valence-electron chi connectivity index (χ3n) is 3.60. The molecule has 5 nitrogen and oxygen atoms in total. The van der Waals surface area contributed by atoms with Crippen LogP contribution >= 0.6 is 11.3 Å². The Balaban J connectivity index is 1.89. The summed E-state index contributed by atoms with van der Waals surface area (Å²) < 4.78 is 10.3. The van der Waals surface area contributed by atoms with E-state index in [0.717, 1.165) is 0 Å². The number of carbonyl (C=O) groups is 2. The minimum atomic E-state index is -0.293. The molecule has 0 bridgehead atoms. The minimum Gasteiger partial charge on any atom is -0.497 e. The van der Waals surface area contributed by atoms with Gasteiger partial charge in [0.2, 0.25) is 17.3 Å². The topological polar surface area (TPSA) is 69.4 Å². The molecule has 0 spiro atoms. The van der Waals surface area contributed by atoms with Gasteiger partial charge in [0.05, 0.1) is 12.0 Å². The van der Waals surface area contributed by atoms with Gasteiger partial charge in [-0.2, -0.15) is 0 Å². The minimum absolute atomic E-state index is 0.0155. The number of aromatic nitrogens is 1. The molecule has 6 heteroatoms. The third-order valence-corrected chi connectivity index (χ3v) is 4.52. The average molecular weight is 311 g/mol. The van der Waals surface area contributed by atoms with Crippen molar-refractivity contribution in [2.45, 2.75) is 0 Å². The van der Waals surface area contributed by atoms with Crippen molar-refractivity contribution in [1.82, 2.24) is 5.16 Å². The molecule has 108 valence electrons. The molecule has 0 aliphatic heterocycles. The van der Waals surface area contributed by atoms with Crippen molar-refractivity contribution >= 4 is 22.9 Å². The molecule has 0 N–H and O–H groups in total. The molecule has 0 saturated carbocycles. The van der Waals surface area contributed by atoms with Gasteiger partial charge in [0, 0.05) is 11.1 Å². The van der Waals surface area contributed by atoms with Gasteiger partial charge in [-0.1, -0.05) is 5.16 Å². The first-order valence-electron chi connectivity index (χ1n) is 6.51. The van der Waals surface area contributed by atoms with E-state index >= 15 is 0 Å². The monoisotopic (exact) mass is 311 g/mol. The van der Waals surface area contributed by atoms with Crippen LogP contribution in [0.15, 0.2) is 40.2 Å². The van der Waals surface area contributed by atoms with E-state index in [-0.39, 0.29) is 22.9 Å². The summed E-state index contributed by atoms with van der Waals surface area (Å²) >= 11 is 1.25. The van der Waals surface area contributed by atoms with Crippen molar-refractivity contribution in [2.24, 2.45) is 0 Å². The van der Waals surface area contributed by atoms with E-state index in [0.29, 0.717) is 27.4 Å². The van der Waals surface area contributed by atoms with Crippen molar-refractivity contribution < 1.29 is 18.8 Å². The van der Waals surface area contributed by atoms with Crippen LogP contribution in [0.25, 0.3) is 11.3 Å². The second-order valence-electron chi connectivity index (χ2n) is 4.79. The zero-order chi connectivity index (χ0) is 15.3. The number of hydrogen-bond acceptors (Lipinski definition) is 6. The summed E-state index contributed by atoms with van der Waals surface area (Å²) in [5.41, 5.74) is 1.71. The van der Waals surface area contributed by atoms with Gasteiger partial charge in [0.25, 0.3) is 0 Å². The summed E-state index contributed by atoms with van der Waals surface area (Å²) in [4.78, 5) is 25.4. The molecule has 1 aliphatic rings. The summed E-state index contributed by atoms with van der Waals surface area (Å²) in [6.45, 7) is 0. The fourth-order valence-corrected chi connectivity index (χ4v) is 3.34. The predicted molar refractivity (Wildman–Crippen MR) is 79.7 cm³/mol. The standard InChI is InChI=1S/C16H9NO4S/c1-20-9-4-2-8(3-5-9)12-11-14(19)16-10(6-7-22-16)13(18)15(11)21-17-12/h2-7H,1H3. The quantitative estimate of drug-likeness (QED) is 0.568. The molecule has 0 fully saturated rings. The van der Waals surface area contributed by atoms with Crippen LogP contribution in [0.2, 0.25) is 0 Å². The van der Waals surface area contributed by atoms with Crippen molar-refractivity contribution in [3.63, 3.8) is 0 Å². The highest BCUT2D eigenvalue weighted by molar-refractivity contribution is 7.12. The van der Waals surface area contributed by atoms with Crippen LogP contribution < -0.4 is 4.74 Å². The van der Waals surface area contributed by atoms with Gasteiger partial charge in [0.15, 0.2) is 0 Å². The normalized spacial score (nSPS) is 13.0. The van der Waals surface area contributed by atoms with Gasteiger partial charge in [-0.15, -0.1) is 11.3 Å². The first-order valence-corrected chi connectivity index (χ1v) is 7.39. The fraction of sp³-hybridized carbons (Fsp3) is 0.0625. The Morgan fingerprint density at radius 3 is 2.59 bits per heavy atom. The fourth-order valence-electron chi connectivity index (χ4n) is 2.50. The number of ether oxygens (including phenoxy) is 1. The molecular weight excluding hydrogens is 302 g/mol. The van der Waals surface area contributed by atoms with Gasteiger partial charge >= 0.3 is 0 Å².